The van der Waals surface area contributed by atoms with Gasteiger partial charge in [-0.25, -0.2) is 4.39 Å². The molecule has 0 bridgehead atoms. The van der Waals surface area contributed by atoms with E-state index in [1.807, 2.05) is 0 Å². The van der Waals surface area contributed by atoms with E-state index in [0.29, 0.717) is 18.8 Å². The van der Waals surface area contributed by atoms with Gasteiger partial charge in [0.1, 0.15) is 11.6 Å². The average Bonchev–Trinajstić information content (AvgIpc) is 2.99. The second-order valence-corrected chi connectivity index (χ2v) is 4.14. The van der Waals surface area contributed by atoms with E-state index in [9.17, 15) is 9.18 Å². The van der Waals surface area contributed by atoms with Crippen molar-refractivity contribution in [3.05, 3.63) is 30.1 Å². The molecule has 1 aliphatic carbocycles. The van der Waals surface area contributed by atoms with Crippen molar-refractivity contribution in [2.24, 2.45) is 5.41 Å². The summed E-state index contributed by atoms with van der Waals surface area (Å²) < 4.78 is 18.1. The number of ether oxygens (including phenoxy) is 1. The molecule has 0 unspecified atom stereocenters. The first-order valence-electron chi connectivity index (χ1n) is 5.24. The summed E-state index contributed by atoms with van der Waals surface area (Å²) in [6.07, 6.45) is 1.92. The molecule has 0 heterocycles. The zero-order chi connectivity index (χ0) is 11.6. The Bertz CT molecular complexity index is 399. The normalized spacial score (nSPS) is 16.8. The molecular weight excluding hydrogens is 211 g/mol. The van der Waals surface area contributed by atoms with Crippen molar-refractivity contribution in [1.82, 2.24) is 0 Å². The maximum atomic E-state index is 12.8. The van der Waals surface area contributed by atoms with Crippen LogP contribution < -0.4 is 4.74 Å². The summed E-state index contributed by atoms with van der Waals surface area (Å²) in [5.74, 6) is -0.659. The summed E-state index contributed by atoms with van der Waals surface area (Å²) in [5, 5.41) is 8.93. The monoisotopic (exact) mass is 224 g/mol. The van der Waals surface area contributed by atoms with Crippen LogP contribution >= 0.6 is 0 Å². The van der Waals surface area contributed by atoms with Crippen LogP contribution in [-0.4, -0.2) is 17.7 Å². The first kappa shape index (κ1) is 10.9. The van der Waals surface area contributed by atoms with E-state index in [1.54, 1.807) is 12.1 Å². The average molecular weight is 224 g/mol. The van der Waals surface area contributed by atoms with Gasteiger partial charge in [0, 0.05) is 6.07 Å². The number of benzene rings is 1. The lowest BCUT2D eigenvalue weighted by atomic mass is 10.0. The maximum Gasteiger partial charge on any atom is 0.309 e. The van der Waals surface area contributed by atoms with Gasteiger partial charge in [-0.2, -0.15) is 0 Å². The molecule has 3 nitrogen and oxygen atoms in total. The predicted octanol–water partition coefficient (Wildman–Crippen LogP) is 2.46. The van der Waals surface area contributed by atoms with Gasteiger partial charge in [0.15, 0.2) is 0 Å². The Kier molecular flexibility index (Phi) is 2.81. The fourth-order valence-electron chi connectivity index (χ4n) is 1.64. The molecule has 1 fully saturated rings. The molecule has 1 saturated carbocycles. The zero-order valence-corrected chi connectivity index (χ0v) is 8.78. The molecule has 4 heteroatoms. The van der Waals surface area contributed by atoms with E-state index in [-0.39, 0.29) is 5.82 Å². The highest BCUT2D eigenvalue weighted by atomic mass is 19.1. The van der Waals surface area contributed by atoms with E-state index in [1.165, 1.54) is 12.1 Å². The molecule has 0 saturated heterocycles. The summed E-state index contributed by atoms with van der Waals surface area (Å²) in [4.78, 5) is 10.9. The van der Waals surface area contributed by atoms with Crippen molar-refractivity contribution in [2.75, 3.05) is 6.61 Å². The van der Waals surface area contributed by atoms with Crippen LogP contribution in [0.1, 0.15) is 19.3 Å². The third kappa shape index (κ3) is 2.32. The molecule has 1 aliphatic rings. The summed E-state index contributed by atoms with van der Waals surface area (Å²) in [7, 11) is 0. The van der Waals surface area contributed by atoms with Crippen molar-refractivity contribution >= 4 is 5.97 Å². The van der Waals surface area contributed by atoms with Crippen molar-refractivity contribution < 1.29 is 19.0 Å². The molecule has 0 amide bonds. The van der Waals surface area contributed by atoms with Gasteiger partial charge in [-0.05, 0) is 31.4 Å². The lowest BCUT2D eigenvalue weighted by Crippen LogP contribution is -2.17. The molecule has 86 valence electrons. The van der Waals surface area contributed by atoms with Gasteiger partial charge in [-0.15, -0.1) is 0 Å². The molecule has 0 spiro atoms. The number of carboxylic acid groups (broad SMARTS) is 1. The standard InChI is InChI=1S/C12H13FO3/c13-9-2-1-3-10(8-9)16-7-6-12(4-5-12)11(14)15/h1-3,8H,4-7H2,(H,14,15). The number of halogens is 1. The highest BCUT2D eigenvalue weighted by Gasteiger charge is 2.49. The minimum Gasteiger partial charge on any atom is -0.493 e. The lowest BCUT2D eigenvalue weighted by molar-refractivity contribution is -0.143. The highest BCUT2D eigenvalue weighted by Crippen LogP contribution is 2.48. The van der Waals surface area contributed by atoms with Crippen LogP contribution in [0.25, 0.3) is 0 Å². The minimum atomic E-state index is -0.754. The second kappa shape index (κ2) is 4.12. The Morgan fingerprint density at radius 1 is 1.50 bits per heavy atom. The van der Waals surface area contributed by atoms with Crippen molar-refractivity contribution in [3.63, 3.8) is 0 Å². The number of hydrogen-bond donors (Lipinski definition) is 1. The number of carboxylic acids is 1. The van der Waals surface area contributed by atoms with E-state index >= 15 is 0 Å². The number of carbonyl (C=O) groups is 1. The summed E-state index contributed by atoms with van der Waals surface area (Å²) >= 11 is 0. The van der Waals surface area contributed by atoms with Gasteiger partial charge >= 0.3 is 5.97 Å². The minimum absolute atomic E-state index is 0.315. The Hall–Kier alpha value is -1.58. The van der Waals surface area contributed by atoms with E-state index in [0.717, 1.165) is 12.8 Å². The van der Waals surface area contributed by atoms with Gasteiger partial charge in [0.25, 0.3) is 0 Å². The fraction of sp³-hybridized carbons (Fsp3) is 0.417. The van der Waals surface area contributed by atoms with Crippen LogP contribution in [0.4, 0.5) is 4.39 Å². The van der Waals surface area contributed by atoms with Crippen LogP contribution in [0.5, 0.6) is 5.75 Å². The van der Waals surface area contributed by atoms with Crippen LogP contribution in [0, 0.1) is 11.2 Å². The highest BCUT2D eigenvalue weighted by molar-refractivity contribution is 5.77. The van der Waals surface area contributed by atoms with Gasteiger partial charge in [0.2, 0.25) is 0 Å². The zero-order valence-electron chi connectivity index (χ0n) is 8.78. The van der Waals surface area contributed by atoms with Gasteiger partial charge < -0.3 is 9.84 Å². The summed E-state index contributed by atoms with van der Waals surface area (Å²) in [6.45, 7) is 0.315. The fourth-order valence-corrected chi connectivity index (χ4v) is 1.64. The molecule has 0 aliphatic heterocycles. The summed E-state index contributed by atoms with van der Waals surface area (Å²) in [5.41, 5.74) is -0.576. The summed E-state index contributed by atoms with van der Waals surface area (Å²) in [6, 6.07) is 5.85. The van der Waals surface area contributed by atoms with Gasteiger partial charge in [-0.1, -0.05) is 6.07 Å². The Morgan fingerprint density at radius 2 is 2.25 bits per heavy atom. The molecular formula is C12H13FO3. The molecule has 16 heavy (non-hydrogen) atoms. The quantitative estimate of drug-likeness (QED) is 0.835. The molecule has 1 N–H and O–H groups in total. The number of aliphatic carboxylic acids is 1. The molecule has 1 aromatic carbocycles. The number of hydrogen-bond acceptors (Lipinski definition) is 2. The molecule has 2 rings (SSSR count). The first-order chi connectivity index (χ1) is 7.62. The van der Waals surface area contributed by atoms with E-state index < -0.39 is 11.4 Å². The molecule has 0 radical (unpaired) electrons. The third-order valence-corrected chi connectivity index (χ3v) is 2.95. The van der Waals surface area contributed by atoms with Gasteiger partial charge in [0.05, 0.1) is 12.0 Å². The van der Waals surface area contributed by atoms with Crippen molar-refractivity contribution in [2.45, 2.75) is 19.3 Å². The third-order valence-electron chi connectivity index (χ3n) is 2.95. The van der Waals surface area contributed by atoms with Crippen LogP contribution in [0.15, 0.2) is 24.3 Å². The largest absolute Gasteiger partial charge is 0.493 e. The van der Waals surface area contributed by atoms with Crippen molar-refractivity contribution in [3.8, 4) is 5.75 Å². The lowest BCUT2D eigenvalue weighted by Gasteiger charge is -2.10. The van der Waals surface area contributed by atoms with Gasteiger partial charge in [-0.3, -0.25) is 4.79 Å². The topological polar surface area (TPSA) is 46.5 Å². The van der Waals surface area contributed by atoms with Crippen LogP contribution in [0.3, 0.4) is 0 Å². The maximum absolute atomic E-state index is 12.8. The second-order valence-electron chi connectivity index (χ2n) is 4.14. The van der Waals surface area contributed by atoms with Crippen molar-refractivity contribution in [1.29, 1.82) is 0 Å². The molecule has 0 atom stereocenters. The molecule has 0 aromatic heterocycles. The Balaban J connectivity index is 1.83. The Morgan fingerprint density at radius 3 is 2.81 bits per heavy atom. The Labute approximate surface area is 92.9 Å². The predicted molar refractivity (Wildman–Crippen MR) is 55.8 cm³/mol. The van der Waals surface area contributed by atoms with E-state index in [2.05, 4.69) is 0 Å². The number of rotatable bonds is 5. The van der Waals surface area contributed by atoms with Crippen LogP contribution in [-0.2, 0) is 4.79 Å². The SMILES string of the molecule is O=C(O)C1(CCOc2cccc(F)c2)CC1. The molecule has 1 aromatic rings. The van der Waals surface area contributed by atoms with E-state index in [4.69, 9.17) is 9.84 Å². The smallest absolute Gasteiger partial charge is 0.309 e. The first-order valence-corrected chi connectivity index (χ1v) is 5.24. The van der Waals surface area contributed by atoms with Crippen LogP contribution in [0.2, 0.25) is 0 Å².